The molecule has 0 heterocycles. The van der Waals surface area contributed by atoms with E-state index >= 15 is 0 Å². The van der Waals surface area contributed by atoms with Crippen molar-refractivity contribution in [3.63, 3.8) is 0 Å². The van der Waals surface area contributed by atoms with Gasteiger partial charge in [0.25, 0.3) is 11.8 Å². The van der Waals surface area contributed by atoms with Crippen LogP contribution in [-0.2, 0) is 9.59 Å². The van der Waals surface area contributed by atoms with Crippen molar-refractivity contribution in [2.45, 2.75) is 11.8 Å². The number of anilines is 2. The van der Waals surface area contributed by atoms with Crippen LogP contribution in [0.1, 0.15) is 21.5 Å². The summed E-state index contributed by atoms with van der Waals surface area (Å²) in [6.45, 7) is 1.85. The lowest BCUT2D eigenvalue weighted by Gasteiger charge is -2.13. The van der Waals surface area contributed by atoms with Crippen LogP contribution in [0.4, 0.5) is 11.4 Å². The fraction of sp³-hybridized carbons (Fsp3) is 0.0938. The van der Waals surface area contributed by atoms with Gasteiger partial charge in [0, 0.05) is 32.3 Å². The summed E-state index contributed by atoms with van der Waals surface area (Å²) < 4.78 is 5.32. The predicted octanol–water partition coefficient (Wildman–Crippen LogP) is 7.45. The lowest BCUT2D eigenvalue weighted by Crippen LogP contribution is -2.30. The number of rotatable bonds is 10. The third kappa shape index (κ3) is 8.63. The Morgan fingerprint density at radius 2 is 1.62 bits per heavy atom. The van der Waals surface area contributed by atoms with Gasteiger partial charge in [-0.15, -0.1) is 11.8 Å². The summed E-state index contributed by atoms with van der Waals surface area (Å²) in [5, 5.41) is 9.42. The minimum atomic E-state index is -0.508. The van der Waals surface area contributed by atoms with E-state index in [0.29, 0.717) is 38.3 Å². The number of amides is 3. The van der Waals surface area contributed by atoms with Gasteiger partial charge in [0.2, 0.25) is 5.91 Å². The van der Waals surface area contributed by atoms with Crippen molar-refractivity contribution in [3.8, 4) is 5.75 Å². The van der Waals surface area contributed by atoms with Crippen LogP contribution >= 0.6 is 35.0 Å². The molecule has 0 spiro atoms. The highest BCUT2D eigenvalue weighted by molar-refractivity contribution is 8.00. The molecular weight excluding hydrogens is 593 g/mol. The van der Waals surface area contributed by atoms with Gasteiger partial charge in [0.15, 0.2) is 0 Å². The van der Waals surface area contributed by atoms with E-state index < -0.39 is 11.8 Å². The van der Waals surface area contributed by atoms with Gasteiger partial charge in [0.1, 0.15) is 11.4 Å². The molecule has 0 unspecified atom stereocenters. The average molecular weight is 621 g/mol. The van der Waals surface area contributed by atoms with Crippen LogP contribution in [0.2, 0.25) is 10.0 Å². The number of halogens is 2. The average Bonchev–Trinajstić information content (AvgIpc) is 2.98. The highest BCUT2D eigenvalue weighted by Crippen LogP contribution is 2.31. The SMILES string of the molecule is COc1cc(Cl)c(C)cc1NC(=O)CSc1ccc(NC(=O)/C(=C/c2cccc(Cl)c2)NC(=O)c2ccccc2)cc1. The first-order valence-corrected chi connectivity index (χ1v) is 14.5. The number of thioether (sulfide) groups is 1. The second kappa shape index (κ2) is 14.6. The Morgan fingerprint density at radius 3 is 2.31 bits per heavy atom. The molecule has 0 saturated heterocycles. The maximum Gasteiger partial charge on any atom is 0.272 e. The van der Waals surface area contributed by atoms with Gasteiger partial charge < -0.3 is 20.7 Å². The number of ether oxygens (including phenoxy) is 1. The first kappa shape index (κ1) is 30.7. The highest BCUT2D eigenvalue weighted by atomic mass is 35.5. The third-order valence-electron chi connectivity index (χ3n) is 5.93. The Hall–Kier alpha value is -4.24. The van der Waals surface area contributed by atoms with Crippen molar-refractivity contribution in [3.05, 3.63) is 123 Å². The zero-order chi connectivity index (χ0) is 30.1. The standard InChI is InChI=1S/C32H27Cl2N3O4S/c1-20-15-27(29(41-2)18-26(20)34)36-30(38)19-42-25-13-11-24(12-14-25)35-32(40)28(17-21-7-6-10-23(33)16-21)37-31(39)22-8-4-3-5-9-22/h3-18H,19H2,1-2H3,(H,35,40)(H,36,38)(H,37,39)/b28-17-. The molecule has 4 aromatic carbocycles. The zero-order valence-corrected chi connectivity index (χ0v) is 25.1. The molecular formula is C32H27Cl2N3O4S. The number of benzene rings is 4. The predicted molar refractivity (Wildman–Crippen MR) is 171 cm³/mol. The monoisotopic (exact) mass is 619 g/mol. The molecule has 0 bridgehead atoms. The van der Waals surface area contributed by atoms with Crippen molar-refractivity contribution in [2.75, 3.05) is 23.5 Å². The van der Waals surface area contributed by atoms with E-state index in [1.807, 2.05) is 6.92 Å². The number of nitrogens with one attached hydrogen (secondary N) is 3. The number of carbonyl (C=O) groups excluding carboxylic acids is 3. The Morgan fingerprint density at radius 1 is 0.881 bits per heavy atom. The minimum Gasteiger partial charge on any atom is -0.495 e. The molecule has 4 rings (SSSR count). The molecule has 42 heavy (non-hydrogen) atoms. The number of methoxy groups -OCH3 is 1. The van der Waals surface area contributed by atoms with E-state index in [1.165, 1.54) is 18.9 Å². The lowest BCUT2D eigenvalue weighted by atomic mass is 10.1. The van der Waals surface area contributed by atoms with Crippen LogP contribution in [0.3, 0.4) is 0 Å². The third-order valence-corrected chi connectivity index (χ3v) is 7.58. The molecule has 0 aliphatic heterocycles. The highest BCUT2D eigenvalue weighted by Gasteiger charge is 2.16. The lowest BCUT2D eigenvalue weighted by molar-refractivity contribution is -0.114. The first-order chi connectivity index (χ1) is 20.2. The smallest absolute Gasteiger partial charge is 0.272 e. The van der Waals surface area contributed by atoms with Gasteiger partial charge in [-0.25, -0.2) is 0 Å². The molecule has 0 aliphatic rings. The Balaban J connectivity index is 1.40. The van der Waals surface area contributed by atoms with Gasteiger partial charge in [-0.05, 0) is 78.7 Å². The Labute approximate surface area is 258 Å². The maximum atomic E-state index is 13.2. The molecule has 4 aromatic rings. The van der Waals surface area contributed by atoms with Gasteiger partial charge in [-0.1, -0.05) is 53.5 Å². The maximum absolute atomic E-state index is 13.2. The summed E-state index contributed by atoms with van der Waals surface area (Å²) in [7, 11) is 1.51. The van der Waals surface area contributed by atoms with Crippen molar-refractivity contribution in [1.82, 2.24) is 5.32 Å². The summed E-state index contributed by atoms with van der Waals surface area (Å²) in [5.74, 6) is -0.494. The summed E-state index contributed by atoms with van der Waals surface area (Å²) in [4.78, 5) is 39.5. The van der Waals surface area contributed by atoms with Gasteiger partial charge in [-0.2, -0.15) is 0 Å². The molecule has 3 N–H and O–H groups in total. The van der Waals surface area contributed by atoms with E-state index in [4.69, 9.17) is 27.9 Å². The number of aryl methyl sites for hydroxylation is 1. The number of carbonyl (C=O) groups is 3. The zero-order valence-electron chi connectivity index (χ0n) is 22.7. The van der Waals surface area contributed by atoms with Gasteiger partial charge in [-0.3, -0.25) is 14.4 Å². The molecule has 10 heteroatoms. The fourth-order valence-corrected chi connectivity index (χ4v) is 4.85. The number of hydrogen-bond donors (Lipinski definition) is 3. The van der Waals surface area contributed by atoms with Crippen molar-refractivity contribution in [1.29, 1.82) is 0 Å². The van der Waals surface area contributed by atoms with Crippen LogP contribution in [-0.4, -0.2) is 30.6 Å². The van der Waals surface area contributed by atoms with Crippen molar-refractivity contribution < 1.29 is 19.1 Å². The summed E-state index contributed by atoms with van der Waals surface area (Å²) in [6.07, 6.45) is 1.56. The van der Waals surface area contributed by atoms with Crippen LogP contribution in [0.25, 0.3) is 6.08 Å². The van der Waals surface area contributed by atoms with Crippen LogP contribution in [0, 0.1) is 6.92 Å². The topological polar surface area (TPSA) is 96.5 Å². The van der Waals surface area contributed by atoms with Gasteiger partial charge in [0.05, 0.1) is 18.6 Å². The van der Waals surface area contributed by atoms with Gasteiger partial charge >= 0.3 is 0 Å². The Bertz CT molecular complexity index is 1630. The van der Waals surface area contributed by atoms with E-state index in [1.54, 1.807) is 97.1 Å². The molecule has 7 nitrogen and oxygen atoms in total. The van der Waals surface area contributed by atoms with E-state index in [-0.39, 0.29) is 17.4 Å². The van der Waals surface area contributed by atoms with Crippen molar-refractivity contribution in [2.24, 2.45) is 0 Å². The van der Waals surface area contributed by atoms with E-state index in [2.05, 4.69) is 16.0 Å². The fourth-order valence-electron chi connectivity index (χ4n) is 3.80. The molecule has 0 aromatic heterocycles. The number of hydrogen-bond acceptors (Lipinski definition) is 5. The van der Waals surface area contributed by atoms with Crippen LogP contribution < -0.4 is 20.7 Å². The molecule has 214 valence electrons. The largest absolute Gasteiger partial charge is 0.495 e. The molecule has 0 aliphatic carbocycles. The molecule has 0 saturated carbocycles. The second-order valence-electron chi connectivity index (χ2n) is 9.05. The summed E-state index contributed by atoms with van der Waals surface area (Å²) in [6, 6.07) is 26.0. The van der Waals surface area contributed by atoms with Crippen LogP contribution in [0.5, 0.6) is 5.75 Å². The first-order valence-electron chi connectivity index (χ1n) is 12.7. The molecule has 0 atom stereocenters. The molecule has 3 amide bonds. The molecule has 0 fully saturated rings. The van der Waals surface area contributed by atoms with E-state index in [0.717, 1.165) is 10.5 Å². The van der Waals surface area contributed by atoms with Crippen molar-refractivity contribution >= 4 is 70.1 Å². The Kier molecular flexibility index (Phi) is 10.7. The molecule has 0 radical (unpaired) electrons. The van der Waals surface area contributed by atoms with Crippen LogP contribution in [0.15, 0.2) is 102 Å². The summed E-state index contributed by atoms with van der Waals surface area (Å²) >= 11 is 13.6. The minimum absolute atomic E-state index is 0.0501. The normalized spacial score (nSPS) is 11.0. The summed E-state index contributed by atoms with van der Waals surface area (Å²) in [5.41, 5.74) is 3.00. The second-order valence-corrected chi connectivity index (χ2v) is 10.9. The quantitative estimate of drug-likeness (QED) is 0.126. The van der Waals surface area contributed by atoms with E-state index in [9.17, 15) is 14.4 Å².